The molecule has 0 bridgehead atoms. The molecule has 0 radical (unpaired) electrons. The summed E-state index contributed by atoms with van der Waals surface area (Å²) in [5, 5.41) is 6.99. The van der Waals surface area contributed by atoms with Crippen molar-refractivity contribution in [3.63, 3.8) is 0 Å². The van der Waals surface area contributed by atoms with Crippen molar-refractivity contribution in [2.45, 2.75) is 45.1 Å². The number of guanidine groups is 1. The Morgan fingerprint density at radius 2 is 1.88 bits per heavy atom. The number of nitrogens with zero attached hydrogens (tertiary/aromatic N) is 3. The van der Waals surface area contributed by atoms with Gasteiger partial charge in [0.05, 0.1) is 18.2 Å². The Labute approximate surface area is 148 Å². The monoisotopic (exact) mass is 339 g/mol. The highest BCUT2D eigenvalue weighted by atomic mass is 16.2. The zero-order valence-electron chi connectivity index (χ0n) is 15.0. The predicted octanol–water partition coefficient (Wildman–Crippen LogP) is 2.81. The van der Waals surface area contributed by atoms with Crippen molar-refractivity contribution in [2.24, 2.45) is 10.7 Å². The van der Waals surface area contributed by atoms with Crippen LogP contribution in [0.1, 0.15) is 53.7 Å². The molecule has 1 aliphatic heterocycles. The predicted molar refractivity (Wildman–Crippen MR) is 98.2 cm³/mol. The standard InChI is InChI=1S/C10H15N5O.C9H10/c1-5-9(6(2)14-13-5)7-4-8(16)15(3)10(11)12-7;1-2-4-8(5-3-1)9-6-7-9/h7H,4H2,1-3H3,(H2,11,12)(H,13,14);1-5,9H,6-7H2. The van der Waals surface area contributed by atoms with Gasteiger partial charge in [-0.05, 0) is 38.2 Å². The Bertz CT molecular complexity index is 757. The van der Waals surface area contributed by atoms with Gasteiger partial charge in [0.25, 0.3) is 0 Å². The molecule has 3 N–H and O–H groups in total. The molecule has 6 nitrogen and oxygen atoms in total. The molecule has 25 heavy (non-hydrogen) atoms. The number of rotatable bonds is 2. The average Bonchev–Trinajstić information content (AvgIpc) is 3.39. The van der Waals surface area contributed by atoms with Gasteiger partial charge in [-0.2, -0.15) is 5.10 Å². The van der Waals surface area contributed by atoms with E-state index in [-0.39, 0.29) is 17.9 Å². The molecule has 4 rings (SSSR count). The summed E-state index contributed by atoms with van der Waals surface area (Å²) in [5.41, 5.74) is 10.0. The SMILES string of the molecule is Cc1n[nH]c(C)c1C1CC(=O)N(C)C(N)=N1.c1ccc(C2CC2)cc1. The van der Waals surface area contributed by atoms with Crippen LogP contribution in [0.2, 0.25) is 0 Å². The number of aromatic nitrogens is 2. The lowest BCUT2D eigenvalue weighted by molar-refractivity contribution is -0.127. The largest absolute Gasteiger partial charge is 0.369 e. The van der Waals surface area contributed by atoms with Crippen LogP contribution in [-0.4, -0.2) is 34.0 Å². The average molecular weight is 339 g/mol. The Morgan fingerprint density at radius 3 is 2.40 bits per heavy atom. The van der Waals surface area contributed by atoms with Crippen molar-refractivity contribution >= 4 is 11.9 Å². The Hall–Kier alpha value is -2.63. The van der Waals surface area contributed by atoms with Gasteiger partial charge in [-0.3, -0.25) is 14.8 Å². The number of aryl methyl sites for hydroxylation is 2. The van der Waals surface area contributed by atoms with Crippen LogP contribution in [0, 0.1) is 13.8 Å². The zero-order valence-corrected chi connectivity index (χ0v) is 15.0. The van der Waals surface area contributed by atoms with Gasteiger partial charge < -0.3 is 5.73 Å². The van der Waals surface area contributed by atoms with E-state index >= 15 is 0 Å². The summed E-state index contributed by atoms with van der Waals surface area (Å²) in [6.07, 6.45) is 3.16. The first-order valence-electron chi connectivity index (χ1n) is 8.63. The van der Waals surface area contributed by atoms with Gasteiger partial charge in [0, 0.05) is 18.3 Å². The first-order valence-corrected chi connectivity index (χ1v) is 8.63. The van der Waals surface area contributed by atoms with Crippen molar-refractivity contribution in [3.8, 4) is 0 Å². The molecule has 1 fully saturated rings. The normalized spacial score (nSPS) is 20.0. The molecule has 132 valence electrons. The van der Waals surface area contributed by atoms with Crippen LogP contribution in [0.5, 0.6) is 0 Å². The van der Waals surface area contributed by atoms with Crippen LogP contribution in [-0.2, 0) is 4.79 Å². The van der Waals surface area contributed by atoms with Crippen LogP contribution in [0.3, 0.4) is 0 Å². The minimum atomic E-state index is -0.206. The molecular weight excluding hydrogens is 314 g/mol. The van der Waals surface area contributed by atoms with Crippen molar-refractivity contribution in [3.05, 3.63) is 52.8 Å². The fourth-order valence-corrected chi connectivity index (χ4v) is 3.08. The highest BCUT2D eigenvalue weighted by Gasteiger charge is 2.28. The number of aromatic amines is 1. The maximum absolute atomic E-state index is 11.7. The van der Waals surface area contributed by atoms with Gasteiger partial charge in [0.2, 0.25) is 5.91 Å². The summed E-state index contributed by atoms with van der Waals surface area (Å²) in [6.45, 7) is 3.82. The highest BCUT2D eigenvalue weighted by molar-refractivity contribution is 5.98. The van der Waals surface area contributed by atoms with Crippen LogP contribution >= 0.6 is 0 Å². The number of nitrogens with one attached hydrogen (secondary N) is 1. The van der Waals surface area contributed by atoms with E-state index in [1.54, 1.807) is 7.05 Å². The van der Waals surface area contributed by atoms with Crippen molar-refractivity contribution in [1.82, 2.24) is 15.1 Å². The topological polar surface area (TPSA) is 87.4 Å². The first kappa shape index (κ1) is 17.2. The number of amides is 1. The van der Waals surface area contributed by atoms with Crippen LogP contribution in [0.25, 0.3) is 0 Å². The lowest BCUT2D eigenvalue weighted by Crippen LogP contribution is -2.42. The molecule has 1 amide bonds. The van der Waals surface area contributed by atoms with Crippen molar-refractivity contribution < 1.29 is 4.79 Å². The first-order chi connectivity index (χ1) is 12.0. The van der Waals surface area contributed by atoms with E-state index in [1.165, 1.54) is 23.3 Å². The summed E-state index contributed by atoms with van der Waals surface area (Å²) in [7, 11) is 1.63. The summed E-state index contributed by atoms with van der Waals surface area (Å²) in [5.74, 6) is 1.16. The molecule has 2 heterocycles. The Kier molecular flexibility index (Phi) is 4.88. The number of carbonyl (C=O) groups is 1. The molecule has 1 atom stereocenters. The molecule has 1 aliphatic carbocycles. The number of carbonyl (C=O) groups excluding carboxylic acids is 1. The van der Waals surface area contributed by atoms with E-state index in [4.69, 9.17) is 5.73 Å². The lowest BCUT2D eigenvalue weighted by Gasteiger charge is -2.25. The molecular formula is C19H25N5O. The van der Waals surface area contributed by atoms with Crippen LogP contribution in [0.4, 0.5) is 0 Å². The zero-order chi connectivity index (χ0) is 18.0. The van der Waals surface area contributed by atoms with Gasteiger partial charge in [-0.1, -0.05) is 30.3 Å². The van der Waals surface area contributed by atoms with Gasteiger partial charge >= 0.3 is 0 Å². The molecule has 0 saturated heterocycles. The van der Waals surface area contributed by atoms with Crippen molar-refractivity contribution in [2.75, 3.05) is 7.05 Å². The Morgan fingerprint density at radius 1 is 1.20 bits per heavy atom. The van der Waals surface area contributed by atoms with Gasteiger partial charge in [0.15, 0.2) is 5.96 Å². The molecule has 1 aromatic carbocycles. The molecule has 1 aromatic heterocycles. The molecule has 6 heteroatoms. The second-order valence-electron chi connectivity index (χ2n) is 6.69. The minimum Gasteiger partial charge on any atom is -0.369 e. The molecule has 2 aromatic rings. The number of H-pyrrole nitrogens is 1. The van der Waals surface area contributed by atoms with E-state index < -0.39 is 0 Å². The number of hydrogen-bond donors (Lipinski definition) is 2. The number of nitrogens with two attached hydrogens (primary N) is 1. The fraction of sp³-hybridized carbons (Fsp3) is 0.421. The third-order valence-corrected chi connectivity index (χ3v) is 4.74. The second-order valence-corrected chi connectivity index (χ2v) is 6.69. The van der Waals surface area contributed by atoms with E-state index in [9.17, 15) is 4.79 Å². The fourth-order valence-electron chi connectivity index (χ4n) is 3.08. The third-order valence-electron chi connectivity index (χ3n) is 4.74. The molecule has 0 spiro atoms. The van der Waals surface area contributed by atoms with Gasteiger partial charge in [-0.25, -0.2) is 4.99 Å². The third kappa shape index (κ3) is 3.90. The van der Waals surface area contributed by atoms with E-state index in [1.807, 2.05) is 13.8 Å². The summed E-state index contributed by atoms with van der Waals surface area (Å²) < 4.78 is 0. The quantitative estimate of drug-likeness (QED) is 0.882. The van der Waals surface area contributed by atoms with Crippen LogP contribution < -0.4 is 5.73 Å². The highest BCUT2D eigenvalue weighted by Crippen LogP contribution is 2.39. The number of benzene rings is 1. The Balaban J connectivity index is 0.000000170. The van der Waals surface area contributed by atoms with Gasteiger partial charge in [-0.15, -0.1) is 0 Å². The molecule has 1 unspecified atom stereocenters. The number of aliphatic imine (C=N–C) groups is 1. The summed E-state index contributed by atoms with van der Waals surface area (Å²) in [6, 6.07) is 10.5. The smallest absolute Gasteiger partial charge is 0.231 e. The summed E-state index contributed by atoms with van der Waals surface area (Å²) in [4.78, 5) is 17.4. The van der Waals surface area contributed by atoms with E-state index in [0.717, 1.165) is 22.9 Å². The molecule has 1 saturated carbocycles. The lowest BCUT2D eigenvalue weighted by atomic mass is 10.0. The molecule has 2 aliphatic rings. The van der Waals surface area contributed by atoms with Gasteiger partial charge in [0.1, 0.15) is 0 Å². The second kappa shape index (κ2) is 7.09. The maximum atomic E-state index is 11.7. The van der Waals surface area contributed by atoms with Crippen LogP contribution in [0.15, 0.2) is 35.3 Å². The van der Waals surface area contributed by atoms with E-state index in [2.05, 4.69) is 45.5 Å². The van der Waals surface area contributed by atoms with E-state index in [0.29, 0.717) is 6.42 Å². The number of hydrogen-bond acceptors (Lipinski definition) is 4. The summed E-state index contributed by atoms with van der Waals surface area (Å²) >= 11 is 0. The maximum Gasteiger partial charge on any atom is 0.231 e. The van der Waals surface area contributed by atoms with Crippen molar-refractivity contribution in [1.29, 1.82) is 0 Å². The minimum absolute atomic E-state index is 0.0162.